The van der Waals surface area contributed by atoms with Gasteiger partial charge in [-0.05, 0) is 20.8 Å². The molecule has 1 heterocycles. The van der Waals surface area contributed by atoms with E-state index in [9.17, 15) is 18.7 Å². The SMILES string of the molecule is CC(C)(C)OC(=O)N1CC(N)C(O)C(F)(F)C1. The topological polar surface area (TPSA) is 75.8 Å². The lowest BCUT2D eigenvalue weighted by Crippen LogP contribution is -2.63. The average Bonchev–Trinajstić information content (AvgIpc) is 2.10. The van der Waals surface area contributed by atoms with E-state index in [4.69, 9.17) is 10.5 Å². The summed E-state index contributed by atoms with van der Waals surface area (Å²) < 4.78 is 31.6. The zero-order valence-corrected chi connectivity index (χ0v) is 10.1. The molecule has 1 fully saturated rings. The number of likely N-dealkylation sites (tertiary alicyclic amines) is 1. The molecule has 2 unspecified atom stereocenters. The Bertz CT molecular complexity index is 304. The molecular weight excluding hydrogens is 234 g/mol. The Labute approximate surface area is 98.5 Å². The van der Waals surface area contributed by atoms with Gasteiger partial charge in [0.15, 0.2) is 0 Å². The van der Waals surface area contributed by atoms with Crippen LogP contribution in [0, 0.1) is 0 Å². The van der Waals surface area contributed by atoms with Crippen LogP contribution in [0.5, 0.6) is 0 Å². The molecule has 2 atom stereocenters. The minimum absolute atomic E-state index is 0.147. The molecule has 17 heavy (non-hydrogen) atoms. The summed E-state index contributed by atoms with van der Waals surface area (Å²) in [4.78, 5) is 12.4. The van der Waals surface area contributed by atoms with E-state index in [-0.39, 0.29) is 6.54 Å². The van der Waals surface area contributed by atoms with Crippen molar-refractivity contribution in [1.82, 2.24) is 4.90 Å². The van der Waals surface area contributed by atoms with Gasteiger partial charge >= 0.3 is 6.09 Å². The Morgan fingerprint density at radius 2 is 2.06 bits per heavy atom. The Kier molecular flexibility index (Phi) is 3.63. The van der Waals surface area contributed by atoms with Crippen molar-refractivity contribution in [1.29, 1.82) is 0 Å². The van der Waals surface area contributed by atoms with Crippen molar-refractivity contribution < 1.29 is 23.4 Å². The predicted molar refractivity (Wildman–Crippen MR) is 56.7 cm³/mol. The number of amides is 1. The van der Waals surface area contributed by atoms with Crippen molar-refractivity contribution >= 4 is 6.09 Å². The van der Waals surface area contributed by atoms with Crippen LogP contribution in [0.3, 0.4) is 0 Å². The molecule has 0 aromatic heterocycles. The van der Waals surface area contributed by atoms with Crippen LogP contribution in [-0.4, -0.2) is 52.9 Å². The Balaban J connectivity index is 2.71. The molecule has 1 aliphatic rings. The highest BCUT2D eigenvalue weighted by atomic mass is 19.3. The summed E-state index contributed by atoms with van der Waals surface area (Å²) in [6, 6.07) is -1.17. The van der Waals surface area contributed by atoms with E-state index in [1.54, 1.807) is 20.8 Å². The molecule has 3 N–H and O–H groups in total. The van der Waals surface area contributed by atoms with Crippen molar-refractivity contribution in [3.8, 4) is 0 Å². The maximum absolute atomic E-state index is 13.3. The van der Waals surface area contributed by atoms with E-state index in [0.29, 0.717) is 0 Å². The van der Waals surface area contributed by atoms with Gasteiger partial charge in [-0.3, -0.25) is 0 Å². The second-order valence-corrected chi connectivity index (χ2v) is 5.23. The van der Waals surface area contributed by atoms with Crippen LogP contribution < -0.4 is 5.73 Å². The molecule has 0 saturated carbocycles. The van der Waals surface area contributed by atoms with Gasteiger partial charge in [-0.2, -0.15) is 0 Å². The molecule has 1 aliphatic heterocycles. The first-order valence-corrected chi connectivity index (χ1v) is 5.32. The maximum atomic E-state index is 13.3. The fourth-order valence-electron chi connectivity index (χ4n) is 1.55. The average molecular weight is 252 g/mol. The van der Waals surface area contributed by atoms with Gasteiger partial charge in [-0.1, -0.05) is 0 Å². The smallest absolute Gasteiger partial charge is 0.410 e. The first-order valence-electron chi connectivity index (χ1n) is 5.32. The molecule has 0 spiro atoms. The largest absolute Gasteiger partial charge is 0.444 e. The first-order chi connectivity index (χ1) is 7.53. The van der Waals surface area contributed by atoms with Gasteiger partial charge < -0.3 is 20.5 Å². The molecule has 0 radical (unpaired) electrons. The van der Waals surface area contributed by atoms with Crippen LogP contribution in [0.15, 0.2) is 0 Å². The normalized spacial score (nSPS) is 29.0. The number of hydrogen-bond acceptors (Lipinski definition) is 4. The van der Waals surface area contributed by atoms with Gasteiger partial charge in [0.25, 0.3) is 5.92 Å². The first kappa shape index (κ1) is 14.1. The zero-order chi connectivity index (χ0) is 13.4. The summed E-state index contributed by atoms with van der Waals surface area (Å²) in [6.45, 7) is 3.90. The molecule has 7 heteroatoms. The lowest BCUT2D eigenvalue weighted by atomic mass is 10.00. The number of carbonyl (C=O) groups excluding carboxylic acids is 1. The molecule has 0 aromatic carbocycles. The van der Waals surface area contributed by atoms with E-state index in [1.165, 1.54) is 0 Å². The number of rotatable bonds is 0. The molecule has 1 amide bonds. The molecule has 1 saturated heterocycles. The van der Waals surface area contributed by atoms with Crippen LogP contribution in [-0.2, 0) is 4.74 Å². The second kappa shape index (κ2) is 4.38. The van der Waals surface area contributed by atoms with Crippen molar-refractivity contribution in [2.45, 2.75) is 44.4 Å². The monoisotopic (exact) mass is 252 g/mol. The Morgan fingerprint density at radius 1 is 1.53 bits per heavy atom. The van der Waals surface area contributed by atoms with Gasteiger partial charge in [0.05, 0.1) is 12.6 Å². The zero-order valence-electron chi connectivity index (χ0n) is 10.1. The number of aliphatic hydroxyl groups is 1. The molecule has 1 rings (SSSR count). The summed E-state index contributed by atoms with van der Waals surface area (Å²) >= 11 is 0. The van der Waals surface area contributed by atoms with Gasteiger partial charge in [0, 0.05) is 6.54 Å². The van der Waals surface area contributed by atoms with E-state index in [0.717, 1.165) is 4.90 Å². The summed E-state index contributed by atoms with van der Waals surface area (Å²) in [5, 5.41) is 9.18. The van der Waals surface area contributed by atoms with E-state index >= 15 is 0 Å². The number of halogens is 2. The van der Waals surface area contributed by atoms with E-state index in [2.05, 4.69) is 0 Å². The van der Waals surface area contributed by atoms with E-state index in [1.807, 2.05) is 0 Å². The third-order valence-electron chi connectivity index (χ3n) is 2.32. The van der Waals surface area contributed by atoms with Gasteiger partial charge in [0.2, 0.25) is 0 Å². The number of aliphatic hydroxyl groups excluding tert-OH is 1. The number of piperidine rings is 1. The van der Waals surface area contributed by atoms with Crippen molar-refractivity contribution in [3.63, 3.8) is 0 Å². The van der Waals surface area contributed by atoms with Gasteiger partial charge in [-0.15, -0.1) is 0 Å². The highest BCUT2D eigenvalue weighted by Gasteiger charge is 2.49. The predicted octanol–water partition coefficient (Wildman–Crippen LogP) is 0.561. The van der Waals surface area contributed by atoms with E-state index < -0.39 is 36.3 Å². The van der Waals surface area contributed by atoms with Crippen LogP contribution in [0.2, 0.25) is 0 Å². The summed E-state index contributed by atoms with van der Waals surface area (Å²) in [5.41, 5.74) is 4.61. The molecular formula is C10H18F2N2O3. The fourth-order valence-corrected chi connectivity index (χ4v) is 1.55. The molecule has 0 aromatic rings. The highest BCUT2D eigenvalue weighted by Crippen LogP contribution is 2.27. The van der Waals surface area contributed by atoms with Crippen molar-refractivity contribution in [2.75, 3.05) is 13.1 Å². The number of hydrogen-bond donors (Lipinski definition) is 2. The molecule has 100 valence electrons. The van der Waals surface area contributed by atoms with Crippen molar-refractivity contribution in [2.24, 2.45) is 5.73 Å². The summed E-state index contributed by atoms with van der Waals surface area (Å²) in [7, 11) is 0. The Hall–Kier alpha value is -0.950. The minimum atomic E-state index is -3.41. The number of nitrogens with zero attached hydrogens (tertiary/aromatic N) is 1. The molecule has 5 nitrogen and oxygen atoms in total. The lowest BCUT2D eigenvalue weighted by Gasteiger charge is -2.39. The van der Waals surface area contributed by atoms with Gasteiger partial charge in [0.1, 0.15) is 11.7 Å². The number of ether oxygens (including phenoxy) is 1. The standard InChI is InChI=1S/C10H18F2N2O3/c1-9(2,3)17-8(16)14-4-6(13)7(15)10(11,12)5-14/h6-7,15H,4-5,13H2,1-3H3. The maximum Gasteiger partial charge on any atom is 0.410 e. The highest BCUT2D eigenvalue weighted by molar-refractivity contribution is 5.68. The second-order valence-electron chi connectivity index (χ2n) is 5.23. The quantitative estimate of drug-likeness (QED) is 0.660. The van der Waals surface area contributed by atoms with Crippen LogP contribution in [0.25, 0.3) is 0 Å². The summed E-state index contributed by atoms with van der Waals surface area (Å²) in [5.74, 6) is -3.41. The van der Waals surface area contributed by atoms with Gasteiger partial charge in [-0.25, -0.2) is 13.6 Å². The minimum Gasteiger partial charge on any atom is -0.444 e. The van der Waals surface area contributed by atoms with Crippen molar-refractivity contribution in [3.05, 3.63) is 0 Å². The molecule has 0 aliphatic carbocycles. The van der Waals surface area contributed by atoms with Crippen LogP contribution >= 0.6 is 0 Å². The Morgan fingerprint density at radius 3 is 2.47 bits per heavy atom. The summed E-state index contributed by atoms with van der Waals surface area (Å²) in [6.07, 6.45) is -2.78. The number of carbonyl (C=O) groups is 1. The number of nitrogens with two attached hydrogens (primary N) is 1. The fraction of sp³-hybridized carbons (Fsp3) is 0.900. The number of alkyl halides is 2. The van der Waals surface area contributed by atoms with Crippen LogP contribution in [0.1, 0.15) is 20.8 Å². The third-order valence-corrected chi connectivity index (χ3v) is 2.32. The lowest BCUT2D eigenvalue weighted by molar-refractivity contribution is -0.154. The van der Waals surface area contributed by atoms with Crippen LogP contribution in [0.4, 0.5) is 13.6 Å². The molecule has 0 bridgehead atoms. The third kappa shape index (κ3) is 3.50.